The highest BCUT2D eigenvalue weighted by Gasteiger charge is 2.19. The normalized spacial score (nSPS) is 10.4. The maximum atomic E-state index is 12.9. The number of carboxylic acid groups (broad SMARTS) is 1. The molecule has 34 heavy (non-hydrogen) atoms. The molecule has 0 aliphatic carbocycles. The number of rotatable bonds is 7. The standard InChI is InChI=1S/C28H20O6/c29-26(30)23-16-15-22(18-21(23)17-19-9-3-1-4-10-19)33-28(32)24-13-7-8-14-25(24)34-27(31)20-11-5-2-6-12-20/h1-16,18H,17H2,(H,29,30). The molecule has 0 atom stereocenters. The van der Waals surface area contributed by atoms with Crippen molar-refractivity contribution < 1.29 is 29.0 Å². The quantitative estimate of drug-likeness (QED) is 0.298. The molecule has 0 aromatic heterocycles. The van der Waals surface area contributed by atoms with Crippen LogP contribution in [0, 0.1) is 0 Å². The highest BCUT2D eigenvalue weighted by molar-refractivity contribution is 5.97. The average Bonchev–Trinajstić information content (AvgIpc) is 2.85. The van der Waals surface area contributed by atoms with E-state index in [1.54, 1.807) is 42.5 Å². The summed E-state index contributed by atoms with van der Waals surface area (Å²) in [7, 11) is 0. The Morgan fingerprint density at radius 2 is 1.29 bits per heavy atom. The molecule has 6 heteroatoms. The van der Waals surface area contributed by atoms with Gasteiger partial charge in [-0.2, -0.15) is 0 Å². The third kappa shape index (κ3) is 5.37. The van der Waals surface area contributed by atoms with Gasteiger partial charge in [-0.25, -0.2) is 14.4 Å². The smallest absolute Gasteiger partial charge is 0.347 e. The van der Waals surface area contributed by atoms with Crippen molar-refractivity contribution in [2.45, 2.75) is 6.42 Å². The van der Waals surface area contributed by atoms with E-state index in [2.05, 4.69) is 0 Å². The molecule has 1 N–H and O–H groups in total. The second-order valence-corrected chi connectivity index (χ2v) is 7.43. The van der Waals surface area contributed by atoms with E-state index in [1.807, 2.05) is 30.3 Å². The zero-order valence-corrected chi connectivity index (χ0v) is 18.0. The summed E-state index contributed by atoms with van der Waals surface area (Å²) < 4.78 is 10.9. The van der Waals surface area contributed by atoms with E-state index in [0.29, 0.717) is 17.5 Å². The van der Waals surface area contributed by atoms with E-state index in [1.165, 1.54) is 30.3 Å². The minimum atomic E-state index is -1.07. The fourth-order valence-corrected chi connectivity index (χ4v) is 3.42. The van der Waals surface area contributed by atoms with Crippen molar-refractivity contribution in [2.24, 2.45) is 0 Å². The number of carboxylic acids is 1. The summed E-state index contributed by atoms with van der Waals surface area (Å²) in [6, 6.07) is 28.5. The molecular weight excluding hydrogens is 432 g/mol. The minimum absolute atomic E-state index is 0.0630. The van der Waals surface area contributed by atoms with Crippen LogP contribution in [0.3, 0.4) is 0 Å². The van der Waals surface area contributed by atoms with Crippen LogP contribution in [0.15, 0.2) is 103 Å². The van der Waals surface area contributed by atoms with Gasteiger partial charge in [-0.05, 0) is 60.0 Å². The molecule has 0 amide bonds. The number of hydrogen-bond acceptors (Lipinski definition) is 5. The van der Waals surface area contributed by atoms with Crippen LogP contribution in [0.1, 0.15) is 42.2 Å². The van der Waals surface area contributed by atoms with E-state index in [4.69, 9.17) is 9.47 Å². The summed E-state index contributed by atoms with van der Waals surface area (Å²) in [5.41, 5.74) is 1.97. The Bertz CT molecular complexity index is 1330. The first-order chi connectivity index (χ1) is 16.5. The van der Waals surface area contributed by atoms with Crippen molar-refractivity contribution in [2.75, 3.05) is 0 Å². The molecule has 0 bridgehead atoms. The largest absolute Gasteiger partial charge is 0.478 e. The molecule has 0 unspecified atom stereocenters. The van der Waals surface area contributed by atoms with Crippen LogP contribution in [0.2, 0.25) is 0 Å². The highest BCUT2D eigenvalue weighted by atomic mass is 16.5. The van der Waals surface area contributed by atoms with Crippen molar-refractivity contribution in [3.8, 4) is 11.5 Å². The lowest BCUT2D eigenvalue weighted by atomic mass is 9.99. The highest BCUT2D eigenvalue weighted by Crippen LogP contribution is 2.25. The SMILES string of the molecule is O=C(Oc1ccccc1C(=O)Oc1ccc(C(=O)O)c(Cc2ccccc2)c1)c1ccccc1. The van der Waals surface area contributed by atoms with Gasteiger partial charge in [-0.15, -0.1) is 0 Å². The van der Waals surface area contributed by atoms with Gasteiger partial charge in [-0.1, -0.05) is 60.7 Å². The number of esters is 2. The van der Waals surface area contributed by atoms with Crippen LogP contribution in [-0.2, 0) is 6.42 Å². The Kier molecular flexibility index (Phi) is 6.79. The molecule has 0 radical (unpaired) electrons. The monoisotopic (exact) mass is 452 g/mol. The zero-order valence-electron chi connectivity index (χ0n) is 18.0. The number of aromatic carboxylic acids is 1. The molecule has 0 aliphatic rings. The molecule has 0 fully saturated rings. The van der Waals surface area contributed by atoms with Gasteiger partial charge in [-0.3, -0.25) is 0 Å². The van der Waals surface area contributed by atoms with Gasteiger partial charge in [0.2, 0.25) is 0 Å². The molecule has 0 saturated carbocycles. The van der Waals surface area contributed by atoms with Crippen LogP contribution >= 0.6 is 0 Å². The summed E-state index contributed by atoms with van der Waals surface area (Å²) >= 11 is 0. The zero-order chi connectivity index (χ0) is 23.9. The molecule has 0 aliphatic heterocycles. The van der Waals surface area contributed by atoms with Gasteiger partial charge < -0.3 is 14.6 Å². The van der Waals surface area contributed by atoms with Gasteiger partial charge in [0.1, 0.15) is 17.1 Å². The first-order valence-corrected chi connectivity index (χ1v) is 10.5. The summed E-state index contributed by atoms with van der Waals surface area (Å²) in [5, 5.41) is 9.55. The summed E-state index contributed by atoms with van der Waals surface area (Å²) in [4.78, 5) is 37.0. The van der Waals surface area contributed by atoms with E-state index in [-0.39, 0.29) is 22.6 Å². The Morgan fingerprint density at radius 3 is 2.00 bits per heavy atom. The number of carbonyl (C=O) groups excluding carboxylic acids is 2. The molecule has 168 valence electrons. The molecule has 0 saturated heterocycles. The average molecular weight is 452 g/mol. The van der Waals surface area contributed by atoms with Gasteiger partial charge in [0.25, 0.3) is 0 Å². The molecule has 4 aromatic rings. The minimum Gasteiger partial charge on any atom is -0.478 e. The molecule has 4 rings (SSSR count). The van der Waals surface area contributed by atoms with E-state index >= 15 is 0 Å². The second-order valence-electron chi connectivity index (χ2n) is 7.43. The lowest BCUT2D eigenvalue weighted by Crippen LogP contribution is -2.14. The Balaban J connectivity index is 1.57. The predicted octanol–water partition coefficient (Wildman–Crippen LogP) is 5.41. The first kappa shape index (κ1) is 22.5. The Labute approximate surface area is 196 Å². The van der Waals surface area contributed by atoms with E-state index in [9.17, 15) is 19.5 Å². The summed E-state index contributed by atoms with van der Waals surface area (Å²) in [5.74, 6) is -2.15. The van der Waals surface area contributed by atoms with Crippen LogP contribution in [0.4, 0.5) is 0 Å². The molecule has 4 aromatic carbocycles. The van der Waals surface area contributed by atoms with Crippen molar-refractivity contribution >= 4 is 17.9 Å². The predicted molar refractivity (Wildman–Crippen MR) is 125 cm³/mol. The number of ether oxygens (including phenoxy) is 2. The number of benzene rings is 4. The lowest BCUT2D eigenvalue weighted by molar-refractivity contribution is 0.0689. The number of hydrogen-bond donors (Lipinski definition) is 1. The maximum Gasteiger partial charge on any atom is 0.347 e. The Hall–Kier alpha value is -4.71. The third-order valence-corrected chi connectivity index (χ3v) is 5.07. The topological polar surface area (TPSA) is 89.9 Å². The van der Waals surface area contributed by atoms with Crippen molar-refractivity contribution in [3.63, 3.8) is 0 Å². The van der Waals surface area contributed by atoms with Crippen LogP contribution in [0.5, 0.6) is 11.5 Å². The molecule has 0 spiro atoms. The maximum absolute atomic E-state index is 12.9. The van der Waals surface area contributed by atoms with Crippen LogP contribution < -0.4 is 9.47 Å². The Morgan fingerprint density at radius 1 is 0.647 bits per heavy atom. The van der Waals surface area contributed by atoms with Gasteiger partial charge in [0, 0.05) is 0 Å². The van der Waals surface area contributed by atoms with Crippen molar-refractivity contribution in [1.82, 2.24) is 0 Å². The van der Waals surface area contributed by atoms with Crippen LogP contribution in [0.25, 0.3) is 0 Å². The molecular formula is C28H20O6. The van der Waals surface area contributed by atoms with Gasteiger partial charge >= 0.3 is 17.9 Å². The molecule has 6 nitrogen and oxygen atoms in total. The van der Waals surface area contributed by atoms with Gasteiger partial charge in [0.15, 0.2) is 0 Å². The first-order valence-electron chi connectivity index (χ1n) is 10.5. The van der Waals surface area contributed by atoms with Crippen molar-refractivity contribution in [3.05, 3.63) is 131 Å². The molecule has 0 heterocycles. The fraction of sp³-hybridized carbons (Fsp3) is 0.0357. The van der Waals surface area contributed by atoms with Crippen LogP contribution in [-0.4, -0.2) is 23.0 Å². The van der Waals surface area contributed by atoms with E-state index < -0.39 is 17.9 Å². The third-order valence-electron chi connectivity index (χ3n) is 5.07. The fourth-order valence-electron chi connectivity index (χ4n) is 3.42. The lowest BCUT2D eigenvalue weighted by Gasteiger charge is -2.12. The van der Waals surface area contributed by atoms with Crippen molar-refractivity contribution in [1.29, 1.82) is 0 Å². The number of carbonyl (C=O) groups is 3. The van der Waals surface area contributed by atoms with E-state index in [0.717, 1.165) is 5.56 Å². The van der Waals surface area contributed by atoms with Gasteiger partial charge in [0.05, 0.1) is 11.1 Å². The second kappa shape index (κ2) is 10.3. The summed E-state index contributed by atoms with van der Waals surface area (Å²) in [6.07, 6.45) is 0.360. The summed E-state index contributed by atoms with van der Waals surface area (Å²) in [6.45, 7) is 0. The number of para-hydroxylation sites is 1.